The van der Waals surface area contributed by atoms with Crippen molar-refractivity contribution in [3.63, 3.8) is 0 Å². The van der Waals surface area contributed by atoms with Crippen molar-refractivity contribution >= 4 is 28.5 Å². The second kappa shape index (κ2) is 5.24. The molecule has 0 amide bonds. The van der Waals surface area contributed by atoms with Crippen molar-refractivity contribution in [2.45, 2.75) is 0 Å². The lowest BCUT2D eigenvalue weighted by Gasteiger charge is -2.08. The van der Waals surface area contributed by atoms with Gasteiger partial charge in [0, 0.05) is 23.9 Å². The fourth-order valence-corrected chi connectivity index (χ4v) is 2.03. The molecule has 3 aromatic rings. The molecule has 108 valence electrons. The topological polar surface area (TPSA) is 82.5 Å². The number of fused-ring (bicyclic) bond motifs is 1. The van der Waals surface area contributed by atoms with Gasteiger partial charge in [0.15, 0.2) is 5.58 Å². The molecule has 0 atom stereocenters. The number of nitrogens with one attached hydrogen (secondary N) is 1. The van der Waals surface area contributed by atoms with E-state index >= 15 is 0 Å². The Balaban J connectivity index is 1.96. The molecule has 1 aromatic heterocycles. The van der Waals surface area contributed by atoms with Crippen LogP contribution in [-0.4, -0.2) is 19.2 Å². The Bertz CT molecular complexity index is 761. The van der Waals surface area contributed by atoms with Crippen molar-refractivity contribution in [1.29, 1.82) is 0 Å². The number of methoxy groups -OCH3 is 2. The van der Waals surface area contributed by atoms with Gasteiger partial charge in [-0.05, 0) is 12.1 Å². The van der Waals surface area contributed by atoms with Gasteiger partial charge < -0.3 is 24.9 Å². The van der Waals surface area contributed by atoms with Gasteiger partial charge in [0.1, 0.15) is 17.0 Å². The number of hydrogen-bond donors (Lipinski definition) is 2. The zero-order chi connectivity index (χ0) is 14.8. The number of benzene rings is 2. The average molecular weight is 285 g/mol. The highest BCUT2D eigenvalue weighted by Gasteiger charge is 2.09. The van der Waals surface area contributed by atoms with Gasteiger partial charge in [-0.2, -0.15) is 4.98 Å². The van der Waals surface area contributed by atoms with Crippen molar-refractivity contribution in [3.8, 4) is 11.5 Å². The van der Waals surface area contributed by atoms with E-state index in [4.69, 9.17) is 19.6 Å². The van der Waals surface area contributed by atoms with Gasteiger partial charge in [0.25, 0.3) is 6.01 Å². The smallest absolute Gasteiger partial charge is 0.300 e. The molecule has 0 bridgehead atoms. The van der Waals surface area contributed by atoms with Gasteiger partial charge in [-0.1, -0.05) is 6.07 Å². The van der Waals surface area contributed by atoms with E-state index in [2.05, 4.69) is 10.3 Å². The van der Waals surface area contributed by atoms with E-state index in [-0.39, 0.29) is 0 Å². The van der Waals surface area contributed by atoms with E-state index in [0.29, 0.717) is 34.3 Å². The summed E-state index contributed by atoms with van der Waals surface area (Å²) in [5.41, 5.74) is 8.45. The maximum absolute atomic E-state index is 5.86. The van der Waals surface area contributed by atoms with Crippen molar-refractivity contribution in [1.82, 2.24) is 4.98 Å². The van der Waals surface area contributed by atoms with Crippen LogP contribution in [-0.2, 0) is 0 Å². The van der Waals surface area contributed by atoms with Gasteiger partial charge in [0.05, 0.1) is 19.9 Å². The van der Waals surface area contributed by atoms with E-state index in [0.717, 1.165) is 5.69 Å². The third kappa shape index (κ3) is 2.55. The van der Waals surface area contributed by atoms with E-state index in [1.165, 1.54) is 0 Å². The summed E-state index contributed by atoms with van der Waals surface area (Å²) in [6.07, 6.45) is 0. The molecule has 0 unspecified atom stereocenters. The van der Waals surface area contributed by atoms with Gasteiger partial charge >= 0.3 is 0 Å². The number of aromatic nitrogens is 1. The number of ether oxygens (including phenoxy) is 2. The molecule has 0 aliphatic carbocycles. The van der Waals surface area contributed by atoms with E-state index in [1.807, 2.05) is 24.3 Å². The highest BCUT2D eigenvalue weighted by Crippen LogP contribution is 2.30. The predicted molar refractivity (Wildman–Crippen MR) is 81.3 cm³/mol. The zero-order valence-electron chi connectivity index (χ0n) is 11.7. The third-order valence-corrected chi connectivity index (χ3v) is 3.05. The Morgan fingerprint density at radius 2 is 1.81 bits per heavy atom. The van der Waals surface area contributed by atoms with Crippen molar-refractivity contribution in [3.05, 3.63) is 36.4 Å². The Kier molecular flexibility index (Phi) is 3.27. The van der Waals surface area contributed by atoms with Crippen LogP contribution < -0.4 is 20.5 Å². The molecule has 0 radical (unpaired) electrons. The molecule has 6 nitrogen and oxygen atoms in total. The predicted octanol–water partition coefficient (Wildman–Crippen LogP) is 3.17. The molecule has 3 rings (SSSR count). The molecule has 0 fully saturated rings. The molecule has 0 aliphatic heterocycles. The highest BCUT2D eigenvalue weighted by molar-refractivity contribution is 5.86. The first-order valence-corrected chi connectivity index (χ1v) is 6.34. The lowest BCUT2D eigenvalue weighted by Crippen LogP contribution is -1.94. The third-order valence-electron chi connectivity index (χ3n) is 3.05. The van der Waals surface area contributed by atoms with Crippen LogP contribution in [0.15, 0.2) is 40.8 Å². The van der Waals surface area contributed by atoms with Gasteiger partial charge in [0.2, 0.25) is 0 Å². The number of anilines is 3. The number of para-hydroxylation sites is 1. The minimum atomic E-state index is 0.359. The van der Waals surface area contributed by atoms with Crippen molar-refractivity contribution in [2.24, 2.45) is 0 Å². The fraction of sp³-hybridized carbons (Fsp3) is 0.133. The molecule has 0 aliphatic rings. The molecular weight excluding hydrogens is 270 g/mol. The SMILES string of the molecule is COc1cc(Nc2nc3c(N)cccc3o2)cc(OC)c1. The number of oxazole rings is 1. The van der Waals surface area contributed by atoms with Crippen LogP contribution in [0.5, 0.6) is 11.5 Å². The largest absolute Gasteiger partial charge is 0.497 e. The quantitative estimate of drug-likeness (QED) is 0.716. The molecule has 3 N–H and O–H groups in total. The summed E-state index contributed by atoms with van der Waals surface area (Å²) >= 11 is 0. The molecule has 0 saturated carbocycles. The first-order valence-electron chi connectivity index (χ1n) is 6.34. The van der Waals surface area contributed by atoms with Crippen LogP contribution in [0.4, 0.5) is 17.4 Å². The first kappa shape index (κ1) is 13.1. The number of hydrogen-bond acceptors (Lipinski definition) is 6. The van der Waals surface area contributed by atoms with Crippen LogP contribution in [0, 0.1) is 0 Å². The van der Waals surface area contributed by atoms with Crippen LogP contribution in [0.2, 0.25) is 0 Å². The second-order valence-corrected chi connectivity index (χ2v) is 4.44. The number of nitrogen functional groups attached to an aromatic ring is 1. The van der Waals surface area contributed by atoms with Gasteiger partial charge in [-0.15, -0.1) is 0 Å². The monoisotopic (exact) mass is 285 g/mol. The van der Waals surface area contributed by atoms with Crippen LogP contribution >= 0.6 is 0 Å². The van der Waals surface area contributed by atoms with Crippen LogP contribution in [0.1, 0.15) is 0 Å². The summed E-state index contributed by atoms with van der Waals surface area (Å²) in [6.45, 7) is 0. The van der Waals surface area contributed by atoms with E-state index < -0.39 is 0 Å². The Morgan fingerprint density at radius 1 is 1.10 bits per heavy atom. The lowest BCUT2D eigenvalue weighted by molar-refractivity contribution is 0.394. The Labute approximate surface area is 121 Å². The molecule has 0 saturated heterocycles. The average Bonchev–Trinajstić information content (AvgIpc) is 2.90. The number of rotatable bonds is 4. The van der Waals surface area contributed by atoms with Crippen molar-refractivity contribution < 1.29 is 13.9 Å². The lowest BCUT2D eigenvalue weighted by atomic mass is 10.3. The van der Waals surface area contributed by atoms with Crippen LogP contribution in [0.3, 0.4) is 0 Å². The second-order valence-electron chi connectivity index (χ2n) is 4.44. The maximum Gasteiger partial charge on any atom is 0.300 e. The number of nitrogens with zero attached hydrogens (tertiary/aromatic N) is 1. The molecule has 21 heavy (non-hydrogen) atoms. The normalized spacial score (nSPS) is 10.6. The standard InChI is InChI=1S/C15H15N3O3/c1-19-10-6-9(7-11(8-10)20-2)17-15-18-14-12(16)4-3-5-13(14)21-15/h3-8H,16H2,1-2H3,(H,17,18). The first-order chi connectivity index (χ1) is 10.2. The number of nitrogens with two attached hydrogens (primary N) is 1. The summed E-state index contributed by atoms with van der Waals surface area (Å²) in [5, 5.41) is 3.08. The highest BCUT2D eigenvalue weighted by atomic mass is 16.5. The van der Waals surface area contributed by atoms with Gasteiger partial charge in [-0.3, -0.25) is 0 Å². The Morgan fingerprint density at radius 3 is 2.43 bits per heavy atom. The zero-order valence-corrected chi connectivity index (χ0v) is 11.7. The maximum atomic E-state index is 5.86. The molecule has 0 spiro atoms. The molecule has 1 heterocycles. The van der Waals surface area contributed by atoms with Crippen molar-refractivity contribution in [2.75, 3.05) is 25.3 Å². The summed E-state index contributed by atoms with van der Waals surface area (Å²) in [4.78, 5) is 4.33. The minimum absolute atomic E-state index is 0.359. The molecule has 2 aromatic carbocycles. The summed E-state index contributed by atoms with van der Waals surface area (Å²) in [6, 6.07) is 11.2. The Hall–Kier alpha value is -2.89. The van der Waals surface area contributed by atoms with E-state index in [9.17, 15) is 0 Å². The molecule has 6 heteroatoms. The summed E-state index contributed by atoms with van der Waals surface area (Å²) in [5.74, 6) is 1.35. The summed E-state index contributed by atoms with van der Waals surface area (Å²) in [7, 11) is 3.19. The van der Waals surface area contributed by atoms with E-state index in [1.54, 1.807) is 26.4 Å². The van der Waals surface area contributed by atoms with Gasteiger partial charge in [-0.25, -0.2) is 0 Å². The minimum Gasteiger partial charge on any atom is -0.497 e. The fourth-order valence-electron chi connectivity index (χ4n) is 2.03. The molecular formula is C15H15N3O3. The van der Waals surface area contributed by atoms with Crippen LogP contribution in [0.25, 0.3) is 11.1 Å². The summed E-state index contributed by atoms with van der Waals surface area (Å²) < 4.78 is 16.1.